The second-order valence-electron chi connectivity index (χ2n) is 9.98. The molecule has 1 aromatic rings. The van der Waals surface area contributed by atoms with E-state index in [-0.39, 0.29) is 28.6 Å². The van der Waals surface area contributed by atoms with Crippen LogP contribution in [0, 0.1) is 28.5 Å². The number of carbonyl (C=O) groups is 1. The van der Waals surface area contributed by atoms with Gasteiger partial charge >= 0.3 is 0 Å². The molecule has 0 heterocycles. The Bertz CT molecular complexity index is 883. The van der Waals surface area contributed by atoms with Crippen molar-refractivity contribution < 1.29 is 9.18 Å². The Morgan fingerprint density at radius 3 is 2.50 bits per heavy atom. The Balaban J connectivity index is 1.91. The fraction of sp³-hybridized carbons (Fsp3) is 0.593. The summed E-state index contributed by atoms with van der Waals surface area (Å²) in [5, 5.41) is 11.4. The van der Waals surface area contributed by atoms with Crippen LogP contribution < -0.4 is 5.32 Å². The third kappa shape index (κ3) is 5.19. The number of fused-ring (bicyclic) bond motifs is 1. The van der Waals surface area contributed by atoms with Crippen molar-refractivity contribution in [3.63, 3.8) is 0 Å². The molecule has 1 saturated carbocycles. The highest BCUT2D eigenvalue weighted by Crippen LogP contribution is 2.56. The molecule has 2 aliphatic rings. The first kappa shape index (κ1) is 24.3. The maximum absolute atomic E-state index is 13.3. The van der Waals surface area contributed by atoms with E-state index in [1.54, 1.807) is 19.1 Å². The molecule has 0 radical (unpaired) electrons. The molecule has 1 amide bonds. The lowest BCUT2D eigenvalue weighted by molar-refractivity contribution is -0.121. The third-order valence-electron chi connectivity index (χ3n) is 7.56. The van der Waals surface area contributed by atoms with E-state index in [4.69, 9.17) is 10.4 Å². The van der Waals surface area contributed by atoms with E-state index in [1.165, 1.54) is 23.9 Å². The minimum absolute atomic E-state index is 0.00916. The highest BCUT2D eigenvalue weighted by Gasteiger charge is 2.49. The number of hydrogen-bond donors (Lipinski definition) is 2. The van der Waals surface area contributed by atoms with E-state index >= 15 is 0 Å². The van der Waals surface area contributed by atoms with Crippen molar-refractivity contribution in [2.24, 2.45) is 22.2 Å². The van der Waals surface area contributed by atoms with Gasteiger partial charge in [-0.1, -0.05) is 39.2 Å². The van der Waals surface area contributed by atoms with Crippen LogP contribution in [0.25, 0.3) is 0 Å². The van der Waals surface area contributed by atoms with Crippen molar-refractivity contribution in [3.8, 4) is 0 Å². The van der Waals surface area contributed by atoms with E-state index in [9.17, 15) is 9.18 Å². The monoisotopic (exact) mass is 439 g/mol. The summed E-state index contributed by atoms with van der Waals surface area (Å²) in [7, 11) is 0. The van der Waals surface area contributed by atoms with Crippen LogP contribution in [0.2, 0.25) is 0 Å². The summed E-state index contributed by atoms with van der Waals surface area (Å²) in [6.07, 6.45) is 11.8. The standard InChI is InChI=1S/C27H38FN3O/c1-5-13-27(14-6-2,31-19(3)32)17-22-8-7-21-15-25(20(18-29)16-26(21,22)4)30-24-11-9-23(28)10-12-24/h9-12,15,18,20,22,29H,5-8,13-14,16-17H2,1-4H3,(H,31,32). The number of allylic oxidation sites excluding steroid dienone is 2. The van der Waals surface area contributed by atoms with Crippen molar-refractivity contribution in [1.82, 2.24) is 5.32 Å². The van der Waals surface area contributed by atoms with E-state index in [0.717, 1.165) is 62.8 Å². The van der Waals surface area contributed by atoms with Crippen molar-refractivity contribution in [2.75, 3.05) is 0 Å². The molecule has 1 aromatic carbocycles. The van der Waals surface area contributed by atoms with Gasteiger partial charge < -0.3 is 10.7 Å². The molecule has 174 valence electrons. The maximum Gasteiger partial charge on any atom is 0.217 e. The summed E-state index contributed by atoms with van der Waals surface area (Å²) >= 11 is 0. The fourth-order valence-electron chi connectivity index (χ4n) is 6.14. The summed E-state index contributed by atoms with van der Waals surface area (Å²) in [4.78, 5) is 16.9. The van der Waals surface area contributed by atoms with E-state index in [0.29, 0.717) is 5.92 Å². The lowest BCUT2D eigenvalue weighted by Gasteiger charge is -2.44. The lowest BCUT2D eigenvalue weighted by atomic mass is 9.63. The maximum atomic E-state index is 13.3. The molecular weight excluding hydrogens is 401 g/mol. The first-order chi connectivity index (χ1) is 15.2. The summed E-state index contributed by atoms with van der Waals surface area (Å²) in [5.41, 5.74) is 2.89. The number of halogens is 1. The van der Waals surface area contributed by atoms with Gasteiger partial charge in [0, 0.05) is 30.3 Å². The number of nitrogens with one attached hydrogen (secondary N) is 2. The smallest absolute Gasteiger partial charge is 0.217 e. The summed E-state index contributed by atoms with van der Waals surface area (Å²) in [5.74, 6) is 0.198. The minimum Gasteiger partial charge on any atom is -0.351 e. The summed E-state index contributed by atoms with van der Waals surface area (Å²) < 4.78 is 13.3. The summed E-state index contributed by atoms with van der Waals surface area (Å²) in [6, 6.07) is 6.22. The predicted octanol–water partition coefficient (Wildman–Crippen LogP) is 6.78. The highest BCUT2D eigenvalue weighted by molar-refractivity contribution is 6.07. The average Bonchev–Trinajstić information content (AvgIpc) is 3.04. The third-order valence-corrected chi connectivity index (χ3v) is 7.56. The SMILES string of the molecule is CCCC(CCC)(CC1CCC2=CC(=Nc3ccc(F)cc3)C(C=N)CC21C)NC(C)=O. The van der Waals surface area contributed by atoms with Gasteiger partial charge in [0.25, 0.3) is 0 Å². The Kier molecular flexibility index (Phi) is 7.68. The molecule has 0 aromatic heterocycles. The summed E-state index contributed by atoms with van der Waals surface area (Å²) in [6.45, 7) is 8.36. The van der Waals surface area contributed by atoms with Crippen molar-refractivity contribution in [3.05, 3.63) is 41.7 Å². The molecule has 32 heavy (non-hydrogen) atoms. The Morgan fingerprint density at radius 1 is 1.28 bits per heavy atom. The molecule has 4 nitrogen and oxygen atoms in total. The number of rotatable bonds is 9. The molecule has 3 atom stereocenters. The Labute approximate surface area is 192 Å². The van der Waals surface area contributed by atoms with Crippen LogP contribution in [0.5, 0.6) is 0 Å². The largest absolute Gasteiger partial charge is 0.351 e. The Hall–Kier alpha value is -2.30. The Morgan fingerprint density at radius 2 is 1.94 bits per heavy atom. The van der Waals surface area contributed by atoms with Crippen molar-refractivity contribution >= 4 is 23.5 Å². The molecule has 3 unspecified atom stereocenters. The number of hydrogen-bond acceptors (Lipinski definition) is 3. The van der Waals surface area contributed by atoms with Gasteiger partial charge in [0.15, 0.2) is 0 Å². The highest BCUT2D eigenvalue weighted by atomic mass is 19.1. The normalized spacial score (nSPS) is 26.5. The zero-order chi connectivity index (χ0) is 23.4. The topological polar surface area (TPSA) is 65.3 Å². The lowest BCUT2D eigenvalue weighted by Crippen LogP contribution is -2.50. The van der Waals surface area contributed by atoms with Gasteiger partial charge in [-0.3, -0.25) is 9.79 Å². The van der Waals surface area contributed by atoms with Gasteiger partial charge in [0.1, 0.15) is 5.82 Å². The molecule has 2 aliphatic carbocycles. The number of carbonyl (C=O) groups excluding carboxylic acids is 1. The molecule has 0 bridgehead atoms. The zero-order valence-electron chi connectivity index (χ0n) is 20.0. The van der Waals surface area contributed by atoms with Gasteiger partial charge in [-0.05, 0) is 80.2 Å². The van der Waals surface area contributed by atoms with E-state index < -0.39 is 0 Å². The van der Waals surface area contributed by atoms with Crippen LogP contribution in [-0.2, 0) is 4.79 Å². The minimum atomic E-state index is -0.271. The van der Waals surface area contributed by atoms with Gasteiger partial charge in [-0.25, -0.2) is 4.39 Å². The van der Waals surface area contributed by atoms with Crippen LogP contribution in [0.3, 0.4) is 0 Å². The predicted molar refractivity (Wildman–Crippen MR) is 130 cm³/mol. The van der Waals surface area contributed by atoms with Crippen LogP contribution in [0.1, 0.15) is 79.1 Å². The average molecular weight is 440 g/mol. The second-order valence-corrected chi connectivity index (χ2v) is 9.98. The molecule has 0 saturated heterocycles. The van der Waals surface area contributed by atoms with Crippen LogP contribution in [-0.4, -0.2) is 23.4 Å². The van der Waals surface area contributed by atoms with Gasteiger partial charge in [0.2, 0.25) is 5.91 Å². The zero-order valence-corrected chi connectivity index (χ0v) is 20.0. The molecule has 0 aliphatic heterocycles. The first-order valence-corrected chi connectivity index (χ1v) is 12.1. The molecule has 1 fully saturated rings. The van der Waals surface area contributed by atoms with Crippen LogP contribution >= 0.6 is 0 Å². The van der Waals surface area contributed by atoms with Crippen LogP contribution in [0.4, 0.5) is 10.1 Å². The number of benzene rings is 1. The molecule has 5 heteroatoms. The van der Waals surface area contributed by atoms with E-state index in [1.807, 2.05) is 0 Å². The number of nitrogens with zero attached hydrogens (tertiary/aromatic N) is 1. The fourth-order valence-corrected chi connectivity index (χ4v) is 6.14. The van der Waals surface area contributed by atoms with Crippen molar-refractivity contribution in [1.29, 1.82) is 5.41 Å². The first-order valence-electron chi connectivity index (χ1n) is 12.1. The van der Waals surface area contributed by atoms with Gasteiger partial charge in [-0.15, -0.1) is 0 Å². The van der Waals surface area contributed by atoms with E-state index in [2.05, 4.69) is 32.2 Å². The van der Waals surface area contributed by atoms with Crippen LogP contribution in [0.15, 0.2) is 40.9 Å². The number of amides is 1. The van der Waals surface area contributed by atoms with Crippen molar-refractivity contribution in [2.45, 2.75) is 84.6 Å². The molecule has 2 N–H and O–H groups in total. The second kappa shape index (κ2) is 10.1. The quantitative estimate of drug-likeness (QED) is 0.409. The number of aliphatic imine (C=N–C) groups is 1. The van der Waals surface area contributed by atoms with Gasteiger partial charge in [-0.2, -0.15) is 0 Å². The van der Waals surface area contributed by atoms with Gasteiger partial charge in [0.05, 0.1) is 5.69 Å². The molecular formula is C27H38FN3O. The molecule has 3 rings (SSSR count). The molecule has 0 spiro atoms.